The van der Waals surface area contributed by atoms with Gasteiger partial charge >= 0.3 is 12.1 Å². The SMILES string of the molecule is O=C(O)C(F)(F)F.O=C(c1c[nH]c(=O)c2ccsc12)N1CCC(c2ncc[nH]2)CC1. The molecule has 0 saturated carbocycles. The third kappa shape index (κ3) is 4.70. The number of carbonyl (C=O) groups excluding carboxylic acids is 1. The standard InChI is InChI=1S/C16H16N4O2S.C2HF3O2/c21-15-11-3-8-23-13(11)12(9-19-15)16(22)20-6-1-10(2-7-20)14-17-4-5-18-14;3-2(4,5)1(6)7/h3-5,8-10H,1-2,6-7H2,(H,17,18)(H,19,21);(H,6,7). The second-order valence-electron chi connectivity index (χ2n) is 6.54. The fourth-order valence-corrected chi connectivity index (χ4v) is 4.06. The Labute approximate surface area is 171 Å². The van der Waals surface area contributed by atoms with Crippen LogP contribution in [0.2, 0.25) is 0 Å². The number of carboxylic acids is 1. The maximum Gasteiger partial charge on any atom is 0.490 e. The van der Waals surface area contributed by atoms with Gasteiger partial charge in [-0.2, -0.15) is 13.2 Å². The summed E-state index contributed by atoms with van der Waals surface area (Å²) in [6.07, 6.45) is 1.86. The number of amides is 1. The number of aromatic amines is 2. The van der Waals surface area contributed by atoms with Crippen LogP contribution < -0.4 is 5.56 Å². The van der Waals surface area contributed by atoms with Crippen molar-refractivity contribution in [1.29, 1.82) is 0 Å². The van der Waals surface area contributed by atoms with Crippen LogP contribution in [0.1, 0.15) is 34.9 Å². The molecule has 0 radical (unpaired) electrons. The molecule has 0 aliphatic carbocycles. The molecule has 0 unspecified atom stereocenters. The molecule has 12 heteroatoms. The Balaban J connectivity index is 0.000000318. The number of carbonyl (C=O) groups is 2. The number of thiophene rings is 1. The number of piperidine rings is 1. The summed E-state index contributed by atoms with van der Waals surface area (Å²) in [5, 5.41) is 9.56. The highest BCUT2D eigenvalue weighted by atomic mass is 32.1. The van der Waals surface area contributed by atoms with Gasteiger partial charge in [0.05, 0.1) is 15.6 Å². The van der Waals surface area contributed by atoms with Crippen molar-refractivity contribution in [2.24, 2.45) is 0 Å². The van der Waals surface area contributed by atoms with Crippen molar-refractivity contribution in [3.63, 3.8) is 0 Å². The number of aromatic nitrogens is 3. The molecule has 30 heavy (non-hydrogen) atoms. The maximum atomic E-state index is 12.8. The van der Waals surface area contributed by atoms with Crippen LogP contribution in [0.15, 0.2) is 34.8 Å². The number of likely N-dealkylation sites (tertiary alicyclic amines) is 1. The third-order valence-electron chi connectivity index (χ3n) is 4.66. The van der Waals surface area contributed by atoms with Gasteiger partial charge in [-0.25, -0.2) is 9.78 Å². The fraction of sp³-hybridized carbons (Fsp3) is 0.333. The number of rotatable bonds is 2. The molecule has 1 aliphatic rings. The van der Waals surface area contributed by atoms with Crippen molar-refractivity contribution in [2.75, 3.05) is 13.1 Å². The van der Waals surface area contributed by atoms with Crippen LogP contribution >= 0.6 is 11.3 Å². The number of fused-ring (bicyclic) bond motifs is 1. The molecule has 8 nitrogen and oxygen atoms in total. The molecule has 3 N–H and O–H groups in total. The van der Waals surface area contributed by atoms with E-state index in [-0.39, 0.29) is 11.5 Å². The molecule has 1 aliphatic heterocycles. The minimum absolute atomic E-state index is 0.00778. The van der Waals surface area contributed by atoms with Crippen LogP contribution in [-0.2, 0) is 4.79 Å². The van der Waals surface area contributed by atoms with Gasteiger partial charge in [-0.05, 0) is 24.3 Å². The highest BCUT2D eigenvalue weighted by molar-refractivity contribution is 7.17. The van der Waals surface area contributed by atoms with Crippen molar-refractivity contribution < 1.29 is 27.9 Å². The van der Waals surface area contributed by atoms with E-state index < -0.39 is 12.1 Å². The van der Waals surface area contributed by atoms with Gasteiger partial charge in [-0.1, -0.05) is 0 Å². The summed E-state index contributed by atoms with van der Waals surface area (Å²) in [4.78, 5) is 45.5. The van der Waals surface area contributed by atoms with Gasteiger partial charge in [0.15, 0.2) is 0 Å². The lowest BCUT2D eigenvalue weighted by molar-refractivity contribution is -0.192. The van der Waals surface area contributed by atoms with Crippen molar-refractivity contribution in [2.45, 2.75) is 24.9 Å². The van der Waals surface area contributed by atoms with Crippen LogP contribution in [0.3, 0.4) is 0 Å². The van der Waals surface area contributed by atoms with Crippen molar-refractivity contribution in [3.05, 3.63) is 51.8 Å². The Morgan fingerprint density at radius 3 is 2.47 bits per heavy atom. The van der Waals surface area contributed by atoms with E-state index in [1.807, 2.05) is 16.5 Å². The number of H-pyrrole nitrogens is 2. The summed E-state index contributed by atoms with van der Waals surface area (Å²) in [6.45, 7) is 1.41. The topological polar surface area (TPSA) is 119 Å². The summed E-state index contributed by atoms with van der Waals surface area (Å²) < 4.78 is 32.5. The number of halogens is 3. The van der Waals surface area contributed by atoms with Crippen LogP contribution in [0.25, 0.3) is 10.1 Å². The highest BCUT2D eigenvalue weighted by Gasteiger charge is 2.38. The number of pyridine rings is 1. The number of nitrogens with one attached hydrogen (secondary N) is 2. The van der Waals surface area contributed by atoms with Crippen LogP contribution in [0.5, 0.6) is 0 Å². The van der Waals surface area contributed by atoms with E-state index in [0.29, 0.717) is 30.0 Å². The summed E-state index contributed by atoms with van der Waals surface area (Å²) in [5.74, 6) is -1.38. The van der Waals surface area contributed by atoms with Gasteiger partial charge in [-0.3, -0.25) is 9.59 Å². The lowest BCUT2D eigenvalue weighted by Crippen LogP contribution is -2.38. The van der Waals surface area contributed by atoms with Gasteiger partial charge in [0.2, 0.25) is 0 Å². The van der Waals surface area contributed by atoms with E-state index in [1.165, 1.54) is 11.3 Å². The Hall–Kier alpha value is -3.15. The second kappa shape index (κ2) is 8.69. The zero-order valence-corrected chi connectivity index (χ0v) is 16.2. The molecule has 160 valence electrons. The van der Waals surface area contributed by atoms with Gasteiger partial charge in [-0.15, -0.1) is 11.3 Å². The first-order valence-electron chi connectivity index (χ1n) is 8.86. The maximum absolute atomic E-state index is 12.8. The molecule has 0 bridgehead atoms. The minimum atomic E-state index is -5.08. The minimum Gasteiger partial charge on any atom is -0.475 e. The molecule has 3 aromatic heterocycles. The largest absolute Gasteiger partial charge is 0.490 e. The average Bonchev–Trinajstić information content (AvgIpc) is 3.40. The van der Waals surface area contributed by atoms with E-state index in [0.717, 1.165) is 23.4 Å². The number of aliphatic carboxylic acids is 1. The molecule has 1 saturated heterocycles. The average molecular weight is 442 g/mol. The molecule has 0 spiro atoms. The monoisotopic (exact) mass is 442 g/mol. The number of hydrogen-bond acceptors (Lipinski definition) is 5. The zero-order valence-electron chi connectivity index (χ0n) is 15.4. The van der Waals surface area contributed by atoms with E-state index in [4.69, 9.17) is 9.90 Å². The van der Waals surface area contributed by atoms with E-state index in [9.17, 15) is 22.8 Å². The van der Waals surface area contributed by atoms with E-state index >= 15 is 0 Å². The van der Waals surface area contributed by atoms with Crippen LogP contribution in [0.4, 0.5) is 13.2 Å². The Morgan fingerprint density at radius 1 is 1.23 bits per heavy atom. The molecule has 4 heterocycles. The smallest absolute Gasteiger partial charge is 0.475 e. The summed E-state index contributed by atoms with van der Waals surface area (Å²) in [6, 6.07) is 1.76. The lowest BCUT2D eigenvalue weighted by atomic mass is 9.95. The first-order chi connectivity index (χ1) is 14.2. The van der Waals surface area contributed by atoms with Gasteiger partial charge in [0.25, 0.3) is 11.5 Å². The van der Waals surface area contributed by atoms with Crippen molar-refractivity contribution in [3.8, 4) is 0 Å². The molecule has 4 rings (SSSR count). The predicted octanol–water partition coefficient (Wildman–Crippen LogP) is 2.97. The number of carboxylic acid groups (broad SMARTS) is 1. The molecular weight excluding hydrogens is 425 g/mol. The van der Waals surface area contributed by atoms with E-state index in [2.05, 4.69) is 15.0 Å². The highest BCUT2D eigenvalue weighted by Crippen LogP contribution is 2.28. The number of hydrogen-bond donors (Lipinski definition) is 3. The molecule has 1 fully saturated rings. The molecule has 0 atom stereocenters. The molecule has 3 aromatic rings. The number of imidazole rings is 1. The number of nitrogens with zero attached hydrogens (tertiary/aromatic N) is 2. The van der Waals surface area contributed by atoms with Gasteiger partial charge in [0, 0.05) is 37.6 Å². The van der Waals surface area contributed by atoms with Crippen molar-refractivity contribution >= 4 is 33.3 Å². The Bertz CT molecular complexity index is 1080. The van der Waals surface area contributed by atoms with Crippen molar-refractivity contribution in [1.82, 2.24) is 19.9 Å². The lowest BCUT2D eigenvalue weighted by Gasteiger charge is -2.31. The first-order valence-corrected chi connectivity index (χ1v) is 9.74. The predicted molar refractivity (Wildman–Crippen MR) is 103 cm³/mol. The molecule has 1 amide bonds. The summed E-state index contributed by atoms with van der Waals surface area (Å²) >= 11 is 1.44. The summed E-state index contributed by atoms with van der Waals surface area (Å²) in [5.41, 5.74) is 0.445. The number of alkyl halides is 3. The Morgan fingerprint density at radius 2 is 1.90 bits per heavy atom. The molecular formula is C18H17F3N4O4S. The van der Waals surface area contributed by atoms with Gasteiger partial charge in [0.1, 0.15) is 5.82 Å². The van der Waals surface area contributed by atoms with Gasteiger partial charge < -0.3 is 20.0 Å². The fourth-order valence-electron chi connectivity index (χ4n) is 3.16. The van der Waals surface area contributed by atoms with E-state index in [1.54, 1.807) is 18.5 Å². The normalized spacial score (nSPS) is 15.0. The van der Waals surface area contributed by atoms with Crippen LogP contribution in [0, 0.1) is 0 Å². The zero-order chi connectivity index (χ0) is 21.9. The third-order valence-corrected chi connectivity index (χ3v) is 5.61. The summed E-state index contributed by atoms with van der Waals surface area (Å²) in [7, 11) is 0. The van der Waals surface area contributed by atoms with Crippen LogP contribution in [-0.4, -0.2) is 56.1 Å². The first kappa shape index (κ1) is 21.6. The second-order valence-corrected chi connectivity index (χ2v) is 7.45. The Kier molecular flexibility index (Phi) is 6.25. The molecule has 0 aromatic carbocycles. The quantitative estimate of drug-likeness (QED) is 0.564.